The molecule has 0 aromatic heterocycles. The average molecular weight is 315 g/mol. The van der Waals surface area contributed by atoms with Gasteiger partial charge in [-0.3, -0.25) is 4.79 Å². The fourth-order valence-electron chi connectivity index (χ4n) is 1.91. The highest BCUT2D eigenvalue weighted by molar-refractivity contribution is 6.30. The number of nitrogens with zero attached hydrogens (tertiary/aromatic N) is 2. The summed E-state index contributed by atoms with van der Waals surface area (Å²) in [4.78, 5) is 13.6. The first-order valence-electron chi connectivity index (χ1n) is 6.70. The zero-order chi connectivity index (χ0) is 15.9. The largest absolute Gasteiger partial charge is 0.484 e. The summed E-state index contributed by atoms with van der Waals surface area (Å²) in [6.45, 7) is 0.382. The van der Waals surface area contributed by atoms with Crippen LogP contribution in [0.4, 0.5) is 0 Å². The number of halogens is 1. The lowest BCUT2D eigenvalue weighted by Gasteiger charge is -2.17. The molecule has 2 rings (SSSR count). The Morgan fingerprint density at radius 3 is 2.77 bits per heavy atom. The first kappa shape index (κ1) is 15.9. The Balaban J connectivity index is 1.90. The van der Waals surface area contributed by atoms with Gasteiger partial charge < -0.3 is 9.64 Å². The van der Waals surface area contributed by atoms with Crippen molar-refractivity contribution in [3.63, 3.8) is 0 Å². The summed E-state index contributed by atoms with van der Waals surface area (Å²) in [5, 5.41) is 9.46. The van der Waals surface area contributed by atoms with Gasteiger partial charge in [0.25, 0.3) is 5.91 Å². The van der Waals surface area contributed by atoms with Crippen LogP contribution in [0.5, 0.6) is 5.75 Å². The molecule has 0 fully saturated rings. The number of amides is 1. The quantitative estimate of drug-likeness (QED) is 0.851. The third-order valence-corrected chi connectivity index (χ3v) is 3.30. The van der Waals surface area contributed by atoms with Crippen LogP contribution in [-0.2, 0) is 11.3 Å². The molecule has 0 atom stereocenters. The van der Waals surface area contributed by atoms with Crippen molar-refractivity contribution in [3.05, 3.63) is 64.7 Å². The number of likely N-dealkylation sites (N-methyl/N-ethyl adjacent to an activating group) is 1. The summed E-state index contributed by atoms with van der Waals surface area (Å²) in [5.74, 6) is 0.353. The third-order valence-electron chi connectivity index (χ3n) is 3.06. The highest BCUT2D eigenvalue weighted by atomic mass is 35.5. The molecule has 0 aliphatic rings. The highest BCUT2D eigenvalue weighted by Crippen LogP contribution is 2.14. The molecule has 2 aromatic carbocycles. The summed E-state index contributed by atoms with van der Waals surface area (Å²) in [6.07, 6.45) is 0. The standard InChI is InChI=1S/C17H15ClN2O2/c1-20(11-14-5-2-6-15(18)8-14)17(21)12-22-16-7-3-4-13(9-16)10-19/h2-9H,11-12H2,1H3. The van der Waals surface area contributed by atoms with Crippen molar-refractivity contribution < 1.29 is 9.53 Å². The molecule has 22 heavy (non-hydrogen) atoms. The van der Waals surface area contributed by atoms with Crippen LogP contribution in [0, 0.1) is 11.3 Å². The van der Waals surface area contributed by atoms with E-state index in [4.69, 9.17) is 21.6 Å². The minimum Gasteiger partial charge on any atom is -0.484 e. The predicted octanol–water partition coefficient (Wildman–Crippen LogP) is 3.25. The Hall–Kier alpha value is -2.51. The second-order valence-electron chi connectivity index (χ2n) is 4.81. The first-order chi connectivity index (χ1) is 10.6. The van der Waals surface area contributed by atoms with Gasteiger partial charge in [-0.25, -0.2) is 0 Å². The van der Waals surface area contributed by atoms with Crippen LogP contribution in [0.25, 0.3) is 0 Å². The minimum atomic E-state index is -0.151. The van der Waals surface area contributed by atoms with Gasteiger partial charge in [0.05, 0.1) is 11.6 Å². The molecule has 1 amide bonds. The molecule has 0 aliphatic carbocycles. The molecule has 0 radical (unpaired) electrons. The van der Waals surface area contributed by atoms with Crippen LogP contribution in [0.2, 0.25) is 5.02 Å². The van der Waals surface area contributed by atoms with Crippen molar-refractivity contribution in [2.45, 2.75) is 6.54 Å². The fourth-order valence-corrected chi connectivity index (χ4v) is 2.12. The highest BCUT2D eigenvalue weighted by Gasteiger charge is 2.10. The summed E-state index contributed by atoms with van der Waals surface area (Å²) in [7, 11) is 1.71. The SMILES string of the molecule is CN(Cc1cccc(Cl)c1)C(=O)COc1cccc(C#N)c1. The number of nitriles is 1. The number of carbonyl (C=O) groups excluding carboxylic acids is 1. The Bertz CT molecular complexity index is 710. The lowest BCUT2D eigenvalue weighted by molar-refractivity contribution is -0.132. The van der Waals surface area contributed by atoms with Crippen LogP contribution in [0.3, 0.4) is 0 Å². The number of hydrogen-bond donors (Lipinski definition) is 0. The van der Waals surface area contributed by atoms with Gasteiger partial charge >= 0.3 is 0 Å². The summed E-state index contributed by atoms with van der Waals surface area (Å²) < 4.78 is 5.42. The van der Waals surface area contributed by atoms with Gasteiger partial charge in [-0.05, 0) is 35.9 Å². The van der Waals surface area contributed by atoms with Gasteiger partial charge in [0.15, 0.2) is 6.61 Å². The van der Waals surface area contributed by atoms with Crippen LogP contribution < -0.4 is 4.74 Å². The topological polar surface area (TPSA) is 53.3 Å². The van der Waals surface area contributed by atoms with E-state index >= 15 is 0 Å². The maximum absolute atomic E-state index is 12.1. The van der Waals surface area contributed by atoms with E-state index in [9.17, 15) is 4.79 Å². The zero-order valence-corrected chi connectivity index (χ0v) is 12.9. The van der Waals surface area contributed by atoms with Crippen LogP contribution in [0.1, 0.15) is 11.1 Å². The number of benzene rings is 2. The summed E-state index contributed by atoms with van der Waals surface area (Å²) >= 11 is 5.92. The van der Waals surface area contributed by atoms with Crippen LogP contribution in [0.15, 0.2) is 48.5 Å². The van der Waals surface area contributed by atoms with Crippen molar-refractivity contribution in [1.29, 1.82) is 5.26 Å². The van der Waals surface area contributed by atoms with Crippen molar-refractivity contribution in [2.75, 3.05) is 13.7 Å². The van der Waals surface area contributed by atoms with Crippen molar-refractivity contribution in [3.8, 4) is 11.8 Å². The summed E-state index contributed by atoms with van der Waals surface area (Å²) in [5.41, 5.74) is 1.45. The van der Waals surface area contributed by atoms with Gasteiger partial charge in [-0.1, -0.05) is 29.8 Å². The lowest BCUT2D eigenvalue weighted by Crippen LogP contribution is -2.30. The van der Waals surface area contributed by atoms with E-state index in [2.05, 4.69) is 0 Å². The van der Waals surface area contributed by atoms with E-state index in [-0.39, 0.29) is 12.5 Å². The lowest BCUT2D eigenvalue weighted by atomic mass is 10.2. The van der Waals surface area contributed by atoms with E-state index in [0.717, 1.165) is 5.56 Å². The van der Waals surface area contributed by atoms with Crippen LogP contribution in [-0.4, -0.2) is 24.5 Å². The van der Waals surface area contributed by atoms with Crippen LogP contribution >= 0.6 is 11.6 Å². The number of carbonyl (C=O) groups is 1. The number of hydrogen-bond acceptors (Lipinski definition) is 3. The molecule has 0 bridgehead atoms. The van der Waals surface area contributed by atoms with E-state index in [1.807, 2.05) is 24.3 Å². The predicted molar refractivity (Wildman–Crippen MR) is 84.6 cm³/mol. The summed E-state index contributed by atoms with van der Waals surface area (Å²) in [6, 6.07) is 16.1. The Kier molecular flexibility index (Phi) is 5.40. The van der Waals surface area contributed by atoms with Crippen molar-refractivity contribution in [1.82, 2.24) is 4.90 Å². The van der Waals surface area contributed by atoms with E-state index in [1.54, 1.807) is 42.3 Å². The Morgan fingerprint density at radius 1 is 1.27 bits per heavy atom. The molecule has 0 saturated heterocycles. The second kappa shape index (κ2) is 7.48. The number of ether oxygens (including phenoxy) is 1. The van der Waals surface area contributed by atoms with Gasteiger partial charge in [0, 0.05) is 18.6 Å². The van der Waals surface area contributed by atoms with Gasteiger partial charge in [-0.15, -0.1) is 0 Å². The smallest absolute Gasteiger partial charge is 0.260 e. The number of rotatable bonds is 5. The molecule has 0 unspecified atom stereocenters. The molecule has 0 heterocycles. The molecule has 5 heteroatoms. The average Bonchev–Trinajstić information content (AvgIpc) is 2.52. The molecule has 0 aliphatic heterocycles. The minimum absolute atomic E-state index is 0.0774. The Morgan fingerprint density at radius 2 is 2.05 bits per heavy atom. The molecule has 0 saturated carbocycles. The molecule has 0 spiro atoms. The molecule has 112 valence electrons. The zero-order valence-electron chi connectivity index (χ0n) is 12.1. The molecular formula is C17H15ClN2O2. The third kappa shape index (κ3) is 4.51. The van der Waals surface area contributed by atoms with Gasteiger partial charge in [0.1, 0.15) is 5.75 Å². The Labute approximate surface area is 134 Å². The normalized spacial score (nSPS) is 9.86. The fraction of sp³-hybridized carbons (Fsp3) is 0.176. The van der Waals surface area contributed by atoms with Crippen molar-refractivity contribution >= 4 is 17.5 Å². The monoisotopic (exact) mass is 314 g/mol. The van der Waals surface area contributed by atoms with E-state index in [0.29, 0.717) is 22.9 Å². The molecule has 4 nitrogen and oxygen atoms in total. The maximum atomic E-state index is 12.1. The van der Waals surface area contributed by atoms with E-state index in [1.165, 1.54) is 0 Å². The molecule has 0 N–H and O–H groups in total. The maximum Gasteiger partial charge on any atom is 0.260 e. The van der Waals surface area contributed by atoms with E-state index < -0.39 is 0 Å². The first-order valence-corrected chi connectivity index (χ1v) is 7.07. The van der Waals surface area contributed by atoms with Crippen molar-refractivity contribution in [2.24, 2.45) is 0 Å². The molecular weight excluding hydrogens is 300 g/mol. The second-order valence-corrected chi connectivity index (χ2v) is 5.24. The molecule has 2 aromatic rings. The van der Waals surface area contributed by atoms with Gasteiger partial charge in [0.2, 0.25) is 0 Å². The van der Waals surface area contributed by atoms with Gasteiger partial charge in [-0.2, -0.15) is 5.26 Å².